The summed E-state index contributed by atoms with van der Waals surface area (Å²) in [6.45, 7) is 0.579. The molecule has 1 heterocycles. The van der Waals surface area contributed by atoms with E-state index in [1.807, 2.05) is 42.5 Å². The van der Waals surface area contributed by atoms with E-state index in [2.05, 4.69) is 4.99 Å². The van der Waals surface area contributed by atoms with Crippen molar-refractivity contribution in [3.05, 3.63) is 64.7 Å². The number of nitrogens with zero attached hydrogens (tertiary/aromatic N) is 2. The molecular weight excluding hydrogens is 326 g/mol. The van der Waals surface area contributed by atoms with Gasteiger partial charge in [0.15, 0.2) is 0 Å². The number of nitrogens with two attached hydrogens (primary N) is 1. The Morgan fingerprint density at radius 3 is 2.71 bits per heavy atom. The molecule has 1 aliphatic heterocycles. The van der Waals surface area contributed by atoms with E-state index in [0.29, 0.717) is 17.3 Å². The number of aliphatic imine (C=N–C) groups is 1. The maximum Gasteiger partial charge on any atom is 0.278 e. The van der Waals surface area contributed by atoms with Crippen LogP contribution in [0.3, 0.4) is 0 Å². The number of amides is 1. The van der Waals surface area contributed by atoms with Crippen LogP contribution in [0.15, 0.2) is 53.5 Å². The molecule has 6 heteroatoms. The number of ether oxygens (including phenoxy) is 1. The van der Waals surface area contributed by atoms with Crippen molar-refractivity contribution < 1.29 is 9.53 Å². The number of hydrogen-bond donors (Lipinski definition) is 1. The maximum atomic E-state index is 12.7. The second-order valence-electron chi connectivity index (χ2n) is 5.41. The van der Waals surface area contributed by atoms with Crippen LogP contribution in [0, 0.1) is 0 Å². The number of carbonyl (C=O) groups is 1. The Morgan fingerprint density at radius 1 is 1.25 bits per heavy atom. The van der Waals surface area contributed by atoms with Crippen molar-refractivity contribution in [1.82, 2.24) is 0 Å². The van der Waals surface area contributed by atoms with E-state index in [1.54, 1.807) is 18.0 Å². The molecule has 3 rings (SSSR count). The molecule has 0 aliphatic carbocycles. The summed E-state index contributed by atoms with van der Waals surface area (Å²) in [5, 5.41) is 0.583. The average Bonchev–Trinajstić information content (AvgIpc) is 2.70. The zero-order chi connectivity index (χ0) is 17.1. The predicted molar refractivity (Wildman–Crippen MR) is 95.7 cm³/mol. The Kier molecular flexibility index (Phi) is 4.94. The number of hydrogen-bond acceptors (Lipinski definition) is 4. The van der Waals surface area contributed by atoms with Gasteiger partial charge in [-0.05, 0) is 18.2 Å². The molecule has 124 valence electrons. The number of anilines is 1. The van der Waals surface area contributed by atoms with E-state index >= 15 is 0 Å². The van der Waals surface area contributed by atoms with Crippen molar-refractivity contribution in [3.63, 3.8) is 0 Å². The SMILES string of the molecule is CN1C(=O)C(OCCN)N=C(c2ccccc2)c2cc(Cl)ccc21. The van der Waals surface area contributed by atoms with Gasteiger partial charge in [-0.25, -0.2) is 4.99 Å². The summed E-state index contributed by atoms with van der Waals surface area (Å²) in [6.07, 6.45) is -0.931. The van der Waals surface area contributed by atoms with Crippen molar-refractivity contribution >= 4 is 28.9 Å². The van der Waals surface area contributed by atoms with Crippen LogP contribution in [-0.2, 0) is 9.53 Å². The third-order valence-corrected chi connectivity index (χ3v) is 4.04. The normalized spacial score (nSPS) is 17.3. The Hall–Kier alpha value is -2.21. The molecular formula is C18H18ClN3O2. The van der Waals surface area contributed by atoms with Gasteiger partial charge in [-0.1, -0.05) is 41.9 Å². The number of fused-ring (bicyclic) bond motifs is 1. The van der Waals surface area contributed by atoms with Crippen LogP contribution in [0.4, 0.5) is 5.69 Å². The molecule has 0 saturated carbocycles. The van der Waals surface area contributed by atoms with Gasteiger partial charge < -0.3 is 15.4 Å². The lowest BCUT2D eigenvalue weighted by molar-refractivity contribution is -0.128. The molecule has 0 fully saturated rings. The van der Waals surface area contributed by atoms with Gasteiger partial charge in [-0.15, -0.1) is 0 Å². The van der Waals surface area contributed by atoms with Gasteiger partial charge in [0.2, 0.25) is 6.23 Å². The van der Waals surface area contributed by atoms with Gasteiger partial charge in [-0.3, -0.25) is 4.79 Å². The third-order valence-electron chi connectivity index (χ3n) is 3.80. The van der Waals surface area contributed by atoms with E-state index < -0.39 is 6.23 Å². The van der Waals surface area contributed by atoms with Gasteiger partial charge in [0.1, 0.15) is 0 Å². The number of carbonyl (C=O) groups excluding carboxylic acids is 1. The highest BCUT2D eigenvalue weighted by Gasteiger charge is 2.30. The van der Waals surface area contributed by atoms with E-state index in [9.17, 15) is 4.79 Å². The standard InChI is InChI=1S/C18H18ClN3O2/c1-22-15-8-7-13(19)11-14(15)16(12-5-3-2-4-6-12)21-17(18(22)23)24-10-9-20/h2-8,11,17H,9-10,20H2,1H3. The summed E-state index contributed by atoms with van der Waals surface area (Å²) in [5.41, 5.74) is 8.60. The smallest absolute Gasteiger partial charge is 0.278 e. The lowest BCUT2D eigenvalue weighted by Crippen LogP contribution is -2.37. The monoisotopic (exact) mass is 343 g/mol. The summed E-state index contributed by atoms with van der Waals surface area (Å²) in [4.78, 5) is 18.8. The molecule has 24 heavy (non-hydrogen) atoms. The molecule has 0 saturated heterocycles. The lowest BCUT2D eigenvalue weighted by atomic mass is 10.0. The fourth-order valence-corrected chi connectivity index (χ4v) is 2.80. The number of benzodiazepines with no additional fused rings is 1. The van der Waals surface area contributed by atoms with Crippen molar-refractivity contribution in [2.45, 2.75) is 6.23 Å². The molecule has 0 spiro atoms. The molecule has 1 atom stereocenters. The average molecular weight is 344 g/mol. The molecule has 2 aromatic rings. The number of likely N-dealkylation sites (N-methyl/N-ethyl adjacent to an activating group) is 1. The van der Waals surface area contributed by atoms with E-state index in [1.165, 1.54) is 0 Å². The molecule has 0 aromatic heterocycles. The maximum absolute atomic E-state index is 12.7. The second-order valence-corrected chi connectivity index (χ2v) is 5.85. The highest BCUT2D eigenvalue weighted by Crippen LogP contribution is 2.30. The molecule has 0 radical (unpaired) electrons. The number of benzene rings is 2. The highest BCUT2D eigenvalue weighted by molar-refractivity contribution is 6.32. The minimum Gasteiger partial charge on any atom is -0.347 e. The minimum atomic E-state index is -0.931. The zero-order valence-corrected chi connectivity index (χ0v) is 14.0. The summed E-state index contributed by atoms with van der Waals surface area (Å²) in [7, 11) is 1.71. The molecule has 1 amide bonds. The quantitative estimate of drug-likeness (QED) is 0.927. The number of rotatable bonds is 4. The van der Waals surface area contributed by atoms with Crippen molar-refractivity contribution in [1.29, 1.82) is 0 Å². The Bertz CT molecular complexity index is 777. The number of halogens is 1. The van der Waals surface area contributed by atoms with Gasteiger partial charge in [0.05, 0.1) is 18.0 Å². The zero-order valence-electron chi connectivity index (χ0n) is 13.3. The topological polar surface area (TPSA) is 67.9 Å². The predicted octanol–water partition coefficient (Wildman–Crippen LogP) is 2.46. The Labute approximate surface area is 145 Å². The molecule has 1 unspecified atom stereocenters. The van der Waals surface area contributed by atoms with E-state index in [0.717, 1.165) is 16.8 Å². The molecule has 5 nitrogen and oxygen atoms in total. The van der Waals surface area contributed by atoms with E-state index in [4.69, 9.17) is 22.1 Å². The first kappa shape index (κ1) is 16.6. The van der Waals surface area contributed by atoms with Gasteiger partial charge in [0.25, 0.3) is 5.91 Å². The molecule has 1 aliphatic rings. The van der Waals surface area contributed by atoms with Crippen molar-refractivity contribution in [2.75, 3.05) is 25.1 Å². The van der Waals surface area contributed by atoms with Gasteiger partial charge >= 0.3 is 0 Å². The summed E-state index contributed by atoms with van der Waals surface area (Å²) in [6, 6.07) is 15.1. The summed E-state index contributed by atoms with van der Waals surface area (Å²) >= 11 is 6.18. The first-order chi connectivity index (χ1) is 11.6. The first-order valence-electron chi connectivity index (χ1n) is 7.64. The fourth-order valence-electron chi connectivity index (χ4n) is 2.63. The van der Waals surface area contributed by atoms with Crippen LogP contribution in [-0.4, -0.2) is 38.0 Å². The van der Waals surface area contributed by atoms with Crippen LogP contribution in [0.25, 0.3) is 0 Å². The van der Waals surface area contributed by atoms with Crippen LogP contribution < -0.4 is 10.6 Å². The van der Waals surface area contributed by atoms with Crippen LogP contribution in [0.2, 0.25) is 5.02 Å². The third kappa shape index (κ3) is 3.19. The Balaban J connectivity index is 2.18. The van der Waals surface area contributed by atoms with E-state index in [-0.39, 0.29) is 12.5 Å². The second kappa shape index (κ2) is 7.13. The molecule has 2 N–H and O–H groups in total. The van der Waals surface area contributed by atoms with Gasteiger partial charge in [0, 0.05) is 29.7 Å². The van der Waals surface area contributed by atoms with Gasteiger partial charge in [-0.2, -0.15) is 0 Å². The first-order valence-corrected chi connectivity index (χ1v) is 8.02. The fraction of sp³-hybridized carbons (Fsp3) is 0.222. The lowest BCUT2D eigenvalue weighted by Gasteiger charge is -2.20. The summed E-state index contributed by atoms with van der Waals surface area (Å²) < 4.78 is 5.57. The van der Waals surface area contributed by atoms with Crippen LogP contribution in [0.5, 0.6) is 0 Å². The minimum absolute atomic E-state index is 0.238. The van der Waals surface area contributed by atoms with Crippen LogP contribution in [0.1, 0.15) is 11.1 Å². The summed E-state index contributed by atoms with van der Waals surface area (Å²) in [5.74, 6) is -0.238. The van der Waals surface area contributed by atoms with Crippen LogP contribution >= 0.6 is 11.6 Å². The molecule has 0 bridgehead atoms. The van der Waals surface area contributed by atoms with Crippen molar-refractivity contribution in [3.8, 4) is 0 Å². The molecule has 2 aromatic carbocycles. The van der Waals surface area contributed by atoms with Crippen molar-refractivity contribution in [2.24, 2.45) is 10.7 Å². The highest BCUT2D eigenvalue weighted by atomic mass is 35.5. The Morgan fingerprint density at radius 2 is 2.00 bits per heavy atom. The largest absolute Gasteiger partial charge is 0.347 e.